The third-order valence-electron chi connectivity index (χ3n) is 3.74. The van der Waals surface area contributed by atoms with Gasteiger partial charge in [-0.05, 0) is 53.2 Å². The minimum Gasteiger partial charge on any atom is -0.378 e. The molecular formula is C14H22BrNOS. The van der Waals surface area contributed by atoms with Crippen LogP contribution >= 0.6 is 27.3 Å². The first-order chi connectivity index (χ1) is 8.76. The number of thiophene rings is 1. The van der Waals surface area contributed by atoms with Gasteiger partial charge < -0.3 is 10.1 Å². The predicted molar refractivity (Wildman–Crippen MR) is 81.3 cm³/mol. The molecule has 0 bridgehead atoms. The van der Waals surface area contributed by atoms with Crippen LogP contribution in [0.4, 0.5) is 0 Å². The lowest BCUT2D eigenvalue weighted by atomic mass is 9.89. The van der Waals surface area contributed by atoms with E-state index in [9.17, 15) is 0 Å². The van der Waals surface area contributed by atoms with Crippen LogP contribution in [0.5, 0.6) is 0 Å². The molecule has 1 aliphatic heterocycles. The van der Waals surface area contributed by atoms with Gasteiger partial charge >= 0.3 is 0 Å². The Bertz CT molecular complexity index is 368. The third-order valence-corrected chi connectivity index (χ3v) is 5.69. The van der Waals surface area contributed by atoms with Gasteiger partial charge in [0.15, 0.2) is 0 Å². The number of ether oxygens (including phenoxy) is 1. The van der Waals surface area contributed by atoms with Crippen molar-refractivity contribution in [2.75, 3.05) is 13.2 Å². The summed E-state index contributed by atoms with van der Waals surface area (Å²) in [6.45, 7) is 6.37. The second-order valence-corrected chi connectivity index (χ2v) is 6.69. The van der Waals surface area contributed by atoms with Gasteiger partial charge in [-0.2, -0.15) is 0 Å². The van der Waals surface area contributed by atoms with Crippen molar-refractivity contribution in [2.45, 2.75) is 45.3 Å². The van der Waals surface area contributed by atoms with Gasteiger partial charge in [-0.25, -0.2) is 0 Å². The standard InChI is InChI=1S/C14H22BrNOS/c1-3-13-10(5-7-17-13)12(16-4-2)9-14-11(15)6-8-18-14/h6,8,10,12-13,16H,3-5,7,9H2,1-2H3. The Hall–Kier alpha value is 0.1000. The van der Waals surface area contributed by atoms with Gasteiger partial charge in [0.05, 0.1) is 6.10 Å². The van der Waals surface area contributed by atoms with E-state index in [4.69, 9.17) is 4.74 Å². The molecule has 3 unspecified atom stereocenters. The first kappa shape index (κ1) is 14.5. The van der Waals surface area contributed by atoms with Crippen LogP contribution in [-0.2, 0) is 11.2 Å². The molecule has 1 aliphatic rings. The predicted octanol–water partition coefficient (Wildman–Crippen LogP) is 3.85. The lowest BCUT2D eigenvalue weighted by molar-refractivity contribution is 0.0777. The topological polar surface area (TPSA) is 21.3 Å². The molecule has 2 nitrogen and oxygen atoms in total. The Morgan fingerprint density at radius 3 is 3.00 bits per heavy atom. The molecule has 1 aromatic heterocycles. The van der Waals surface area contributed by atoms with Crippen molar-refractivity contribution in [1.82, 2.24) is 5.32 Å². The van der Waals surface area contributed by atoms with Crippen LogP contribution < -0.4 is 5.32 Å². The highest BCUT2D eigenvalue weighted by Gasteiger charge is 2.33. The van der Waals surface area contributed by atoms with E-state index < -0.39 is 0 Å². The van der Waals surface area contributed by atoms with Gasteiger partial charge in [-0.3, -0.25) is 0 Å². The molecular weight excluding hydrogens is 310 g/mol. The molecule has 1 fully saturated rings. The molecule has 1 N–H and O–H groups in total. The number of hydrogen-bond acceptors (Lipinski definition) is 3. The second kappa shape index (κ2) is 7.04. The highest BCUT2D eigenvalue weighted by Crippen LogP contribution is 2.31. The zero-order valence-corrected chi connectivity index (χ0v) is 13.5. The van der Waals surface area contributed by atoms with Gasteiger partial charge in [0.25, 0.3) is 0 Å². The maximum Gasteiger partial charge on any atom is 0.0616 e. The number of halogens is 1. The van der Waals surface area contributed by atoms with Crippen molar-refractivity contribution in [3.63, 3.8) is 0 Å². The Morgan fingerprint density at radius 1 is 1.56 bits per heavy atom. The molecule has 4 heteroatoms. The van der Waals surface area contributed by atoms with Gasteiger partial charge in [-0.1, -0.05) is 13.8 Å². The van der Waals surface area contributed by atoms with Crippen molar-refractivity contribution < 1.29 is 4.74 Å². The summed E-state index contributed by atoms with van der Waals surface area (Å²) in [4.78, 5) is 1.45. The summed E-state index contributed by atoms with van der Waals surface area (Å²) in [7, 11) is 0. The van der Waals surface area contributed by atoms with Crippen LogP contribution in [0.25, 0.3) is 0 Å². The largest absolute Gasteiger partial charge is 0.378 e. The Kier molecular flexibility index (Phi) is 5.67. The quantitative estimate of drug-likeness (QED) is 0.854. The average Bonchev–Trinajstić information content (AvgIpc) is 2.98. The zero-order valence-electron chi connectivity index (χ0n) is 11.1. The number of likely N-dealkylation sites (N-methyl/N-ethyl adjacent to an activating group) is 1. The van der Waals surface area contributed by atoms with Crippen molar-refractivity contribution in [2.24, 2.45) is 5.92 Å². The number of rotatable bonds is 6. The van der Waals surface area contributed by atoms with Crippen LogP contribution in [0.3, 0.4) is 0 Å². The molecule has 2 heterocycles. The van der Waals surface area contributed by atoms with E-state index in [0.717, 1.165) is 26.0 Å². The van der Waals surface area contributed by atoms with Crippen molar-refractivity contribution in [3.05, 3.63) is 20.8 Å². The Morgan fingerprint density at radius 2 is 2.39 bits per heavy atom. The minimum atomic E-state index is 0.438. The Balaban J connectivity index is 2.05. The van der Waals surface area contributed by atoms with Gasteiger partial charge in [-0.15, -0.1) is 11.3 Å². The zero-order chi connectivity index (χ0) is 13.0. The first-order valence-corrected chi connectivity index (χ1v) is 8.50. The van der Waals surface area contributed by atoms with Crippen LogP contribution in [0.2, 0.25) is 0 Å². The van der Waals surface area contributed by atoms with E-state index in [0.29, 0.717) is 18.1 Å². The fourth-order valence-electron chi connectivity index (χ4n) is 2.85. The third kappa shape index (κ3) is 3.35. The summed E-state index contributed by atoms with van der Waals surface area (Å²) >= 11 is 5.48. The first-order valence-electron chi connectivity index (χ1n) is 6.83. The second-order valence-electron chi connectivity index (χ2n) is 4.83. The molecule has 2 rings (SSSR count). The van der Waals surface area contributed by atoms with Crippen molar-refractivity contribution in [1.29, 1.82) is 0 Å². The molecule has 1 saturated heterocycles. The van der Waals surface area contributed by atoms with Crippen LogP contribution in [0.1, 0.15) is 31.6 Å². The molecule has 0 radical (unpaired) electrons. The monoisotopic (exact) mass is 331 g/mol. The molecule has 0 amide bonds. The van der Waals surface area contributed by atoms with Gasteiger partial charge in [0, 0.05) is 27.9 Å². The maximum atomic E-state index is 5.84. The molecule has 18 heavy (non-hydrogen) atoms. The number of hydrogen-bond donors (Lipinski definition) is 1. The van der Waals surface area contributed by atoms with E-state index in [2.05, 4.69) is 46.5 Å². The minimum absolute atomic E-state index is 0.438. The SMILES string of the molecule is CCNC(Cc1sccc1Br)C1CCOC1CC. The summed E-state index contributed by atoms with van der Waals surface area (Å²) in [5.41, 5.74) is 0. The highest BCUT2D eigenvalue weighted by molar-refractivity contribution is 9.10. The molecule has 1 aromatic rings. The molecule has 3 atom stereocenters. The summed E-state index contributed by atoms with van der Waals surface area (Å²) < 4.78 is 7.10. The molecule has 0 aliphatic carbocycles. The van der Waals surface area contributed by atoms with Crippen molar-refractivity contribution in [3.8, 4) is 0 Å². The van der Waals surface area contributed by atoms with E-state index in [1.807, 2.05) is 11.3 Å². The van der Waals surface area contributed by atoms with Crippen LogP contribution in [-0.4, -0.2) is 25.3 Å². The Labute approximate surface area is 122 Å². The molecule has 0 saturated carbocycles. The average molecular weight is 332 g/mol. The van der Waals surface area contributed by atoms with E-state index >= 15 is 0 Å². The van der Waals surface area contributed by atoms with Crippen LogP contribution in [0, 0.1) is 5.92 Å². The highest BCUT2D eigenvalue weighted by atomic mass is 79.9. The fraction of sp³-hybridized carbons (Fsp3) is 0.714. The maximum absolute atomic E-state index is 5.84. The fourth-order valence-corrected chi connectivity index (χ4v) is 4.43. The molecule has 0 aromatic carbocycles. The lowest BCUT2D eigenvalue weighted by Gasteiger charge is -2.27. The van der Waals surface area contributed by atoms with E-state index in [1.54, 1.807) is 0 Å². The molecule has 102 valence electrons. The summed E-state index contributed by atoms with van der Waals surface area (Å²) in [6, 6.07) is 2.68. The summed E-state index contributed by atoms with van der Waals surface area (Å²) in [5.74, 6) is 0.656. The van der Waals surface area contributed by atoms with Crippen molar-refractivity contribution >= 4 is 27.3 Å². The summed E-state index contributed by atoms with van der Waals surface area (Å²) in [6.07, 6.45) is 3.86. The summed E-state index contributed by atoms with van der Waals surface area (Å²) in [5, 5.41) is 5.82. The number of nitrogens with one attached hydrogen (secondary N) is 1. The van der Waals surface area contributed by atoms with Gasteiger partial charge in [0.1, 0.15) is 0 Å². The smallest absolute Gasteiger partial charge is 0.0616 e. The van der Waals surface area contributed by atoms with E-state index in [1.165, 1.54) is 15.8 Å². The lowest BCUT2D eigenvalue weighted by Crippen LogP contribution is -2.41. The normalized spacial score (nSPS) is 25.5. The van der Waals surface area contributed by atoms with E-state index in [-0.39, 0.29) is 0 Å². The van der Waals surface area contributed by atoms with Crippen LogP contribution in [0.15, 0.2) is 15.9 Å². The molecule has 0 spiro atoms. The van der Waals surface area contributed by atoms with Gasteiger partial charge in [0.2, 0.25) is 0 Å².